The van der Waals surface area contributed by atoms with Crippen LogP contribution < -0.4 is 0 Å². The van der Waals surface area contributed by atoms with Crippen molar-refractivity contribution in [3.05, 3.63) is 192 Å². The number of para-hydroxylation sites is 1. The number of pyridine rings is 1. The molecule has 0 saturated carbocycles. The fourth-order valence-corrected chi connectivity index (χ4v) is 8.43. The lowest BCUT2D eigenvalue weighted by molar-refractivity contribution is 0.472. The van der Waals surface area contributed by atoms with E-state index < -0.39 is 61.6 Å². The number of phenolic OH excluding ortho intramolecular Hbond substituents is 1. The topological polar surface area (TPSA) is 50.9 Å². The first kappa shape index (κ1) is 29.4. The summed E-state index contributed by atoms with van der Waals surface area (Å²) in [6.07, 6.45) is 1.42. The first-order chi connectivity index (χ1) is 36.8. The third-order valence-corrected chi connectivity index (χ3v) is 11.9. The molecule has 2 heterocycles. The lowest BCUT2D eigenvalue weighted by Gasteiger charge is -2.21. The summed E-state index contributed by atoms with van der Waals surface area (Å²) in [5.41, 5.74) is 6.59. The molecule has 7 aromatic carbocycles. The minimum Gasteiger partial charge on any atom is -0.507 e. The van der Waals surface area contributed by atoms with Crippen LogP contribution in [-0.4, -0.2) is 19.6 Å². The molecule has 0 saturated heterocycles. The molecule has 2 aromatic heterocycles. The van der Waals surface area contributed by atoms with Gasteiger partial charge in [0, 0.05) is 36.6 Å². The average molecular weight is 864 g/mol. The number of imidazole rings is 1. The maximum Gasteiger partial charge on any atom is 0.149 e. The van der Waals surface area contributed by atoms with Gasteiger partial charge in [0.15, 0.2) is 0 Å². The Morgan fingerprint density at radius 2 is 1.32 bits per heavy atom. The van der Waals surface area contributed by atoms with Crippen molar-refractivity contribution in [3.63, 3.8) is 0 Å². The second-order valence-corrected chi connectivity index (χ2v) is 18.1. The average Bonchev–Trinajstić information content (AvgIpc) is 3.90. The molecule has 324 valence electrons. The van der Waals surface area contributed by atoms with Gasteiger partial charge in [0.2, 0.25) is 0 Å². The molecular formula is C61H59N3O. The molecule has 65 heavy (non-hydrogen) atoms. The predicted molar refractivity (Wildman–Crippen MR) is 274 cm³/mol. The van der Waals surface area contributed by atoms with Crippen molar-refractivity contribution >= 4 is 11.0 Å². The molecule has 0 amide bonds. The van der Waals surface area contributed by atoms with Gasteiger partial charge in [-0.25, -0.2) is 4.98 Å². The number of hydrogen-bond donors (Lipinski definition) is 1. The quantitative estimate of drug-likeness (QED) is 0.166. The van der Waals surface area contributed by atoms with E-state index in [2.05, 4.69) is 55.7 Å². The molecule has 0 spiro atoms. The van der Waals surface area contributed by atoms with Crippen LogP contribution in [0.25, 0.3) is 83.9 Å². The molecule has 0 unspecified atom stereocenters. The highest BCUT2D eigenvalue weighted by Crippen LogP contribution is 2.43. The van der Waals surface area contributed by atoms with Crippen LogP contribution >= 0.6 is 0 Å². The maximum absolute atomic E-state index is 11.9. The summed E-state index contributed by atoms with van der Waals surface area (Å²) in [6.45, 7) is 2.58. The van der Waals surface area contributed by atoms with E-state index in [1.54, 1.807) is 6.07 Å². The predicted octanol–water partition coefficient (Wildman–Crippen LogP) is 16.5. The maximum atomic E-state index is 11.9. The van der Waals surface area contributed by atoms with Gasteiger partial charge in [0.1, 0.15) is 11.6 Å². The lowest BCUT2D eigenvalue weighted by atomic mass is 9.86. The van der Waals surface area contributed by atoms with Gasteiger partial charge in [0.25, 0.3) is 0 Å². The molecule has 1 N–H and O–H groups in total. The first-order valence-corrected chi connectivity index (χ1v) is 21.6. The van der Waals surface area contributed by atoms with E-state index in [4.69, 9.17) is 29.2 Å². The van der Waals surface area contributed by atoms with Crippen LogP contribution in [0.15, 0.2) is 164 Å². The van der Waals surface area contributed by atoms with Crippen LogP contribution in [0.3, 0.4) is 0 Å². The van der Waals surface area contributed by atoms with Crippen LogP contribution in [0.5, 0.6) is 5.75 Å². The minimum absolute atomic E-state index is 0.0746. The first-order valence-electron chi connectivity index (χ1n) is 28.6. The third-order valence-electron chi connectivity index (χ3n) is 11.9. The molecule has 9 rings (SSSR count). The van der Waals surface area contributed by atoms with Crippen LogP contribution in [0.1, 0.15) is 108 Å². The molecule has 4 heteroatoms. The Morgan fingerprint density at radius 3 is 2.03 bits per heavy atom. The molecule has 0 aliphatic rings. The van der Waals surface area contributed by atoms with Crippen molar-refractivity contribution < 1.29 is 24.3 Å². The fraction of sp³-hybridized carbons (Fsp3) is 0.213. The fourth-order valence-electron chi connectivity index (χ4n) is 8.43. The number of phenols is 1. The third kappa shape index (κ3) is 8.54. The zero-order valence-corrected chi connectivity index (χ0v) is 37.6. The van der Waals surface area contributed by atoms with Crippen LogP contribution in [0, 0.1) is 13.8 Å². The molecule has 9 aromatic rings. The molecule has 0 radical (unpaired) electrons. The van der Waals surface area contributed by atoms with E-state index in [9.17, 15) is 5.11 Å². The molecular weight excluding hydrogens is 791 g/mol. The monoisotopic (exact) mass is 864 g/mol. The molecule has 0 aliphatic heterocycles. The van der Waals surface area contributed by atoms with E-state index in [1.807, 2.05) is 119 Å². The van der Waals surface area contributed by atoms with Crippen LogP contribution in [-0.2, 0) is 10.8 Å². The normalized spacial score (nSPS) is 15.9. The molecule has 0 atom stereocenters. The number of benzene rings is 7. The summed E-state index contributed by atoms with van der Waals surface area (Å²) in [4.78, 5) is 10.2. The Morgan fingerprint density at radius 1 is 0.600 bits per heavy atom. The van der Waals surface area contributed by atoms with E-state index in [1.165, 1.54) is 12.3 Å². The minimum atomic E-state index is -3.82. The highest BCUT2D eigenvalue weighted by Gasteiger charge is 2.24. The molecule has 0 fully saturated rings. The summed E-state index contributed by atoms with van der Waals surface area (Å²) in [7, 11) is 0. The Hall–Kier alpha value is -7.04. The van der Waals surface area contributed by atoms with Crippen LogP contribution in [0.2, 0.25) is 0 Å². The Kier molecular flexibility index (Phi) is 7.61. The van der Waals surface area contributed by atoms with Crippen molar-refractivity contribution in [1.82, 2.24) is 14.5 Å². The zero-order valence-electron chi connectivity index (χ0n) is 51.6. The lowest BCUT2D eigenvalue weighted by Crippen LogP contribution is -2.10. The molecule has 0 bridgehead atoms. The SMILES string of the molecule is [2H]c1c([2H])c(C(C([2H])([2H])[2H])(C([2H])([2H])[2H])C([2H])([2H])[2H])c([2H])c([2H])c1-c1ccnc(-c2cc(-c3ccccc3)cc(-c3cccc4c3nc(-c3cc(C)cc(C)c3O)n4-c3ccc(C([2H])(C)C)cc3-c3ccc(C(C)(C)C)cc3)c2)c1. The van der Waals surface area contributed by atoms with E-state index in [0.717, 1.165) is 50.1 Å². The zero-order chi connectivity index (χ0) is 57.7. The second kappa shape index (κ2) is 16.8. The number of rotatable bonds is 8. The number of fused-ring (bicyclic) bond motifs is 1. The number of nitrogens with zero attached hydrogens (tertiary/aromatic N) is 3. The van der Waals surface area contributed by atoms with Gasteiger partial charge in [0.05, 0.1) is 33.5 Å². The summed E-state index contributed by atoms with van der Waals surface area (Å²) >= 11 is 0. The van der Waals surface area contributed by atoms with Crippen molar-refractivity contribution in [1.29, 1.82) is 0 Å². The van der Waals surface area contributed by atoms with Crippen molar-refractivity contribution in [3.8, 4) is 78.6 Å². The summed E-state index contributed by atoms with van der Waals surface area (Å²) in [5.74, 6) is -0.381. The highest BCUT2D eigenvalue weighted by molar-refractivity contribution is 5.98. The Bertz CT molecular complexity index is 3780. The number of hydrogen-bond acceptors (Lipinski definition) is 3. The van der Waals surface area contributed by atoms with E-state index in [0.29, 0.717) is 44.9 Å². The van der Waals surface area contributed by atoms with Gasteiger partial charge in [-0.1, -0.05) is 158 Å². The number of aromatic nitrogens is 3. The Balaban J connectivity index is 1.30. The summed E-state index contributed by atoms with van der Waals surface area (Å²) in [5, 5.41) is 11.9. The second-order valence-electron chi connectivity index (χ2n) is 18.1. The van der Waals surface area contributed by atoms with Crippen molar-refractivity contribution in [2.24, 2.45) is 0 Å². The molecule has 4 nitrogen and oxygen atoms in total. The summed E-state index contributed by atoms with van der Waals surface area (Å²) in [6, 6.07) is 38.9. The van der Waals surface area contributed by atoms with Gasteiger partial charge in [-0.2, -0.15) is 0 Å². The van der Waals surface area contributed by atoms with Gasteiger partial charge in [-0.3, -0.25) is 9.55 Å². The standard InChI is InChI=1S/C61H59N3O/c1-38(2)44-23-28-55(52(36-44)43-21-26-50(27-22-43)61(8,9)10)64-56-18-14-17-51(57(56)63-59(64)53-32-39(3)31-40(4)58(53)65)47-33-46(41-15-12-11-13-16-41)34-48(35-47)54-37-45(29-30-62-54)42-19-24-49(25-20-42)60(5,6)7/h11-38,65H,1-10H3/i5D3,6D3,7D3,19D,20D,24D,25D,38D. The summed E-state index contributed by atoms with van der Waals surface area (Å²) < 4.78 is 122. The number of aryl methyl sites for hydroxylation is 2. The van der Waals surface area contributed by atoms with E-state index >= 15 is 0 Å². The van der Waals surface area contributed by atoms with Gasteiger partial charge in [-0.15, -0.1) is 0 Å². The van der Waals surface area contributed by atoms with E-state index in [-0.39, 0.29) is 22.3 Å². The molecule has 0 aliphatic carbocycles. The largest absolute Gasteiger partial charge is 0.507 e. The Labute approximate surface area is 405 Å². The van der Waals surface area contributed by atoms with Gasteiger partial charge >= 0.3 is 0 Å². The van der Waals surface area contributed by atoms with Crippen molar-refractivity contribution in [2.45, 2.75) is 85.7 Å². The smallest absolute Gasteiger partial charge is 0.149 e. The van der Waals surface area contributed by atoms with Crippen molar-refractivity contribution in [2.75, 3.05) is 0 Å². The van der Waals surface area contributed by atoms with Gasteiger partial charge in [-0.05, 0) is 146 Å². The van der Waals surface area contributed by atoms with Crippen LogP contribution in [0.4, 0.5) is 0 Å². The van der Waals surface area contributed by atoms with Gasteiger partial charge < -0.3 is 5.11 Å². The highest BCUT2D eigenvalue weighted by atomic mass is 16.3. The number of aromatic hydroxyl groups is 1.